The van der Waals surface area contributed by atoms with Gasteiger partial charge in [-0.1, -0.05) is 6.92 Å². The van der Waals surface area contributed by atoms with E-state index in [4.69, 9.17) is 4.74 Å². The number of ketones is 1. The Morgan fingerprint density at radius 1 is 1.56 bits per heavy atom. The third-order valence-electron chi connectivity index (χ3n) is 3.16. The third kappa shape index (κ3) is 1.65. The number of hydrogen-bond donors (Lipinski definition) is 2. The molecule has 0 unspecified atom stereocenters. The van der Waals surface area contributed by atoms with Gasteiger partial charge >= 0.3 is 5.97 Å². The van der Waals surface area contributed by atoms with Gasteiger partial charge in [0.2, 0.25) is 0 Å². The summed E-state index contributed by atoms with van der Waals surface area (Å²) in [5.41, 5.74) is -1.96. The van der Waals surface area contributed by atoms with Crippen molar-refractivity contribution in [3.63, 3.8) is 0 Å². The van der Waals surface area contributed by atoms with Crippen LogP contribution in [0, 0.1) is 0 Å². The molecule has 6 heteroatoms. The first-order valence-electron chi connectivity index (χ1n) is 5.57. The van der Waals surface area contributed by atoms with Crippen molar-refractivity contribution in [3.8, 4) is 0 Å². The van der Waals surface area contributed by atoms with Gasteiger partial charge in [-0.25, -0.2) is 4.79 Å². The molecule has 1 atom stereocenters. The molecule has 0 aromatic carbocycles. The molecule has 2 heterocycles. The molecule has 18 heavy (non-hydrogen) atoms. The van der Waals surface area contributed by atoms with Crippen molar-refractivity contribution in [2.45, 2.75) is 32.5 Å². The lowest BCUT2D eigenvalue weighted by atomic mass is 9.86. The van der Waals surface area contributed by atoms with Crippen LogP contribution in [0.3, 0.4) is 0 Å². The standard InChI is InChI=1S/C12H13NO5/c1-3-12(17)8-4-9(6(2)14)13-10(15)7(8)5-18-11(12)16/h4,17H,3,5H2,1-2H3,(H,13,15)/t12-/m0/s1. The number of rotatable bonds is 2. The van der Waals surface area contributed by atoms with Crippen molar-refractivity contribution in [3.05, 3.63) is 33.2 Å². The first-order chi connectivity index (χ1) is 8.40. The molecule has 0 aliphatic carbocycles. The van der Waals surface area contributed by atoms with Crippen molar-refractivity contribution >= 4 is 11.8 Å². The molecule has 1 aliphatic heterocycles. The Kier molecular flexibility index (Phi) is 2.82. The summed E-state index contributed by atoms with van der Waals surface area (Å²) in [5, 5.41) is 10.3. The molecular formula is C12H13NO5. The number of aromatic nitrogens is 1. The van der Waals surface area contributed by atoms with E-state index >= 15 is 0 Å². The maximum absolute atomic E-state index is 11.8. The van der Waals surface area contributed by atoms with E-state index in [-0.39, 0.29) is 35.6 Å². The van der Waals surface area contributed by atoms with Gasteiger partial charge < -0.3 is 14.8 Å². The third-order valence-corrected chi connectivity index (χ3v) is 3.16. The number of carbonyl (C=O) groups is 2. The van der Waals surface area contributed by atoms with Crippen LogP contribution in [0.2, 0.25) is 0 Å². The monoisotopic (exact) mass is 251 g/mol. The van der Waals surface area contributed by atoms with E-state index in [1.165, 1.54) is 13.0 Å². The summed E-state index contributed by atoms with van der Waals surface area (Å²) in [5.74, 6) is -1.13. The van der Waals surface area contributed by atoms with Crippen molar-refractivity contribution in [1.29, 1.82) is 0 Å². The van der Waals surface area contributed by atoms with E-state index in [1.807, 2.05) is 0 Å². The molecule has 1 aliphatic rings. The number of H-pyrrole nitrogens is 1. The van der Waals surface area contributed by atoms with E-state index in [0.717, 1.165) is 0 Å². The maximum atomic E-state index is 11.8. The molecule has 1 aromatic rings. The first-order valence-corrected chi connectivity index (χ1v) is 5.57. The molecule has 0 fully saturated rings. The van der Waals surface area contributed by atoms with Gasteiger partial charge in [0.15, 0.2) is 11.4 Å². The lowest BCUT2D eigenvalue weighted by molar-refractivity contribution is -0.172. The van der Waals surface area contributed by atoms with Crippen molar-refractivity contribution < 1.29 is 19.4 Å². The Hall–Kier alpha value is -1.95. The second kappa shape index (κ2) is 4.06. The zero-order chi connectivity index (χ0) is 13.5. The quantitative estimate of drug-likeness (QED) is 0.579. The number of aromatic amines is 1. The Balaban J connectivity index is 2.74. The Morgan fingerprint density at radius 3 is 2.78 bits per heavy atom. The largest absolute Gasteiger partial charge is 0.458 e. The smallest absolute Gasteiger partial charge is 0.343 e. The fraction of sp³-hybridized carbons (Fsp3) is 0.417. The van der Waals surface area contributed by atoms with Crippen LogP contribution >= 0.6 is 0 Å². The van der Waals surface area contributed by atoms with E-state index in [2.05, 4.69) is 4.98 Å². The number of pyridine rings is 1. The minimum Gasteiger partial charge on any atom is -0.458 e. The van der Waals surface area contributed by atoms with Gasteiger partial charge in [0.05, 0.1) is 11.3 Å². The minimum atomic E-state index is -1.86. The zero-order valence-corrected chi connectivity index (χ0v) is 10.1. The molecule has 0 saturated carbocycles. The maximum Gasteiger partial charge on any atom is 0.343 e. The summed E-state index contributed by atoms with van der Waals surface area (Å²) >= 11 is 0. The van der Waals surface area contributed by atoms with E-state index in [1.54, 1.807) is 6.92 Å². The van der Waals surface area contributed by atoms with Crippen LogP contribution in [0.15, 0.2) is 10.9 Å². The van der Waals surface area contributed by atoms with Crippen LogP contribution in [-0.4, -0.2) is 21.8 Å². The van der Waals surface area contributed by atoms with Gasteiger partial charge in [0.1, 0.15) is 6.61 Å². The van der Waals surface area contributed by atoms with Crippen molar-refractivity contribution in [1.82, 2.24) is 4.98 Å². The Morgan fingerprint density at radius 2 is 2.22 bits per heavy atom. The second-order valence-electron chi connectivity index (χ2n) is 4.25. The Bertz CT molecular complexity index is 589. The second-order valence-corrected chi connectivity index (χ2v) is 4.25. The molecule has 96 valence electrons. The lowest BCUT2D eigenvalue weighted by Gasteiger charge is -2.31. The van der Waals surface area contributed by atoms with E-state index in [9.17, 15) is 19.5 Å². The molecule has 0 saturated heterocycles. The van der Waals surface area contributed by atoms with E-state index in [0.29, 0.717) is 0 Å². The molecule has 0 amide bonds. The highest BCUT2D eigenvalue weighted by atomic mass is 16.6. The average Bonchev–Trinajstić information content (AvgIpc) is 2.33. The van der Waals surface area contributed by atoms with Gasteiger partial charge in [-0.3, -0.25) is 9.59 Å². The van der Waals surface area contributed by atoms with Gasteiger partial charge in [0, 0.05) is 12.5 Å². The van der Waals surface area contributed by atoms with E-state index < -0.39 is 17.1 Å². The summed E-state index contributed by atoms with van der Waals surface area (Å²) in [6, 6.07) is 1.35. The summed E-state index contributed by atoms with van der Waals surface area (Å²) < 4.78 is 4.80. The molecule has 2 rings (SSSR count). The van der Waals surface area contributed by atoms with Gasteiger partial charge in [-0.15, -0.1) is 0 Å². The van der Waals surface area contributed by atoms with Gasteiger partial charge in [-0.05, 0) is 12.5 Å². The SMILES string of the molecule is CC[C@@]1(O)C(=O)OCc2c1cc(C(C)=O)[nH]c2=O. The topological polar surface area (TPSA) is 96.5 Å². The summed E-state index contributed by atoms with van der Waals surface area (Å²) in [7, 11) is 0. The van der Waals surface area contributed by atoms with Gasteiger partial charge in [-0.2, -0.15) is 0 Å². The molecule has 0 radical (unpaired) electrons. The number of Topliss-reactive ketones (excluding diaryl/α,β-unsaturated/α-hetero) is 1. The summed E-state index contributed by atoms with van der Waals surface area (Å²) in [6.45, 7) is 2.71. The minimum absolute atomic E-state index is 0.0691. The number of aliphatic hydroxyl groups is 1. The summed E-state index contributed by atoms with van der Waals surface area (Å²) in [6.07, 6.45) is 0.0691. The van der Waals surface area contributed by atoms with Crippen molar-refractivity contribution in [2.75, 3.05) is 0 Å². The Labute approximate surface area is 103 Å². The first kappa shape index (κ1) is 12.5. The van der Waals surface area contributed by atoms with Crippen molar-refractivity contribution in [2.24, 2.45) is 0 Å². The molecule has 2 N–H and O–H groups in total. The van der Waals surface area contributed by atoms with Crippen LogP contribution in [0.1, 0.15) is 41.9 Å². The molecular weight excluding hydrogens is 238 g/mol. The van der Waals surface area contributed by atoms with Crippen LogP contribution in [0.4, 0.5) is 0 Å². The average molecular weight is 251 g/mol. The normalized spacial score (nSPS) is 22.3. The highest BCUT2D eigenvalue weighted by Crippen LogP contribution is 2.32. The number of nitrogens with one attached hydrogen (secondary N) is 1. The molecule has 0 bridgehead atoms. The van der Waals surface area contributed by atoms with Gasteiger partial charge in [0.25, 0.3) is 5.56 Å². The number of hydrogen-bond acceptors (Lipinski definition) is 5. The fourth-order valence-corrected chi connectivity index (χ4v) is 1.99. The predicted octanol–water partition coefficient (Wildman–Crippen LogP) is 0.232. The zero-order valence-electron chi connectivity index (χ0n) is 10.1. The highest BCUT2D eigenvalue weighted by Gasteiger charge is 2.44. The fourth-order valence-electron chi connectivity index (χ4n) is 1.99. The number of ether oxygens (including phenoxy) is 1. The number of carbonyl (C=O) groups excluding carboxylic acids is 2. The highest BCUT2D eigenvalue weighted by molar-refractivity contribution is 5.93. The summed E-state index contributed by atoms with van der Waals surface area (Å²) in [4.78, 5) is 37.1. The molecule has 0 spiro atoms. The van der Waals surface area contributed by atoms with Crippen LogP contribution < -0.4 is 5.56 Å². The number of esters is 1. The van der Waals surface area contributed by atoms with Crippen LogP contribution in [0.5, 0.6) is 0 Å². The molecule has 1 aromatic heterocycles. The molecule has 6 nitrogen and oxygen atoms in total. The lowest BCUT2D eigenvalue weighted by Crippen LogP contribution is -2.43. The number of cyclic esters (lactones) is 1. The predicted molar refractivity (Wildman–Crippen MR) is 61.1 cm³/mol. The van der Waals surface area contributed by atoms with Crippen LogP contribution in [0.25, 0.3) is 0 Å². The number of fused-ring (bicyclic) bond motifs is 1. The van der Waals surface area contributed by atoms with Crippen LogP contribution in [-0.2, 0) is 21.7 Å².